The molecule has 1 aliphatic heterocycles. The fraction of sp³-hybridized carbons (Fsp3) is 0.615. The molecule has 1 aliphatic rings. The van der Waals surface area contributed by atoms with Gasteiger partial charge in [-0.3, -0.25) is 9.59 Å². The van der Waals surface area contributed by atoms with Crippen LogP contribution in [-0.2, 0) is 9.59 Å². The van der Waals surface area contributed by atoms with Gasteiger partial charge in [-0.1, -0.05) is 5.16 Å². The lowest BCUT2D eigenvalue weighted by atomic mass is 10.2. The van der Waals surface area contributed by atoms with Crippen LogP contribution in [0.15, 0.2) is 10.6 Å². The van der Waals surface area contributed by atoms with E-state index < -0.39 is 0 Å². The highest BCUT2D eigenvalue weighted by molar-refractivity contribution is 8.00. The van der Waals surface area contributed by atoms with Crippen molar-refractivity contribution in [1.82, 2.24) is 15.4 Å². The summed E-state index contributed by atoms with van der Waals surface area (Å²) in [6.45, 7) is 6.15. The number of anilines is 1. The maximum absolute atomic E-state index is 12.1. The minimum Gasteiger partial charge on any atom is -0.360 e. The van der Waals surface area contributed by atoms with Gasteiger partial charge in [0, 0.05) is 31.7 Å². The van der Waals surface area contributed by atoms with Gasteiger partial charge in [-0.25, -0.2) is 0 Å². The standard InChI is InChI=1S/C13H20N4O3S.ClH/c1-9-6-14-3-4-17(9)13(19)8-21-7-12(18)15-11-5-10(2)20-16-11;/h5,9,14H,3-4,6-8H2,1-2H3,(H,15,16,18);1H/t9-;/m0./s1. The van der Waals surface area contributed by atoms with Crippen molar-refractivity contribution in [2.24, 2.45) is 0 Å². The van der Waals surface area contributed by atoms with E-state index in [0.717, 1.165) is 19.6 Å². The number of thioether (sulfide) groups is 1. The summed E-state index contributed by atoms with van der Waals surface area (Å²) in [4.78, 5) is 25.6. The second-order valence-corrected chi connectivity index (χ2v) is 5.99. The summed E-state index contributed by atoms with van der Waals surface area (Å²) in [6.07, 6.45) is 0. The number of aromatic nitrogens is 1. The third-order valence-electron chi connectivity index (χ3n) is 3.18. The van der Waals surface area contributed by atoms with Crippen LogP contribution in [0.1, 0.15) is 12.7 Å². The molecule has 1 fully saturated rings. The molecule has 1 aromatic rings. The molecule has 22 heavy (non-hydrogen) atoms. The number of aryl methyl sites for hydroxylation is 1. The van der Waals surface area contributed by atoms with Crippen LogP contribution >= 0.6 is 24.2 Å². The van der Waals surface area contributed by atoms with Gasteiger partial charge in [-0.05, 0) is 13.8 Å². The molecule has 0 unspecified atom stereocenters. The average Bonchev–Trinajstić information content (AvgIpc) is 2.84. The zero-order valence-electron chi connectivity index (χ0n) is 12.6. The van der Waals surface area contributed by atoms with E-state index in [2.05, 4.69) is 15.8 Å². The summed E-state index contributed by atoms with van der Waals surface area (Å²) >= 11 is 1.31. The smallest absolute Gasteiger partial charge is 0.235 e. The van der Waals surface area contributed by atoms with Crippen molar-refractivity contribution in [3.8, 4) is 0 Å². The van der Waals surface area contributed by atoms with E-state index in [1.807, 2.05) is 11.8 Å². The summed E-state index contributed by atoms with van der Waals surface area (Å²) in [5, 5.41) is 9.55. The average molecular weight is 349 g/mol. The molecule has 0 bridgehead atoms. The molecule has 9 heteroatoms. The van der Waals surface area contributed by atoms with E-state index in [-0.39, 0.29) is 36.0 Å². The summed E-state index contributed by atoms with van der Waals surface area (Å²) in [5.41, 5.74) is 0. The topological polar surface area (TPSA) is 87.5 Å². The van der Waals surface area contributed by atoms with Crippen molar-refractivity contribution in [1.29, 1.82) is 0 Å². The molecule has 1 saturated heterocycles. The Morgan fingerprint density at radius 2 is 2.32 bits per heavy atom. The first kappa shape index (κ1) is 18.8. The third-order valence-corrected chi connectivity index (χ3v) is 4.09. The fourth-order valence-corrected chi connectivity index (χ4v) is 2.83. The SMILES string of the molecule is Cc1cc(NC(=O)CSCC(=O)N2CCNC[C@@H]2C)no1.Cl. The first-order chi connectivity index (χ1) is 10.1. The van der Waals surface area contributed by atoms with Crippen molar-refractivity contribution in [2.75, 3.05) is 36.5 Å². The number of carbonyl (C=O) groups is 2. The van der Waals surface area contributed by atoms with Gasteiger partial charge in [0.15, 0.2) is 5.82 Å². The van der Waals surface area contributed by atoms with E-state index >= 15 is 0 Å². The van der Waals surface area contributed by atoms with Gasteiger partial charge in [0.2, 0.25) is 11.8 Å². The number of amides is 2. The lowest BCUT2D eigenvalue weighted by Crippen LogP contribution is -2.52. The predicted octanol–water partition coefficient (Wildman–Crippen LogP) is 0.897. The summed E-state index contributed by atoms with van der Waals surface area (Å²) in [7, 11) is 0. The number of nitrogens with zero attached hydrogens (tertiary/aromatic N) is 2. The highest BCUT2D eigenvalue weighted by Crippen LogP contribution is 2.10. The number of hydrogen-bond donors (Lipinski definition) is 2. The first-order valence-corrected chi connectivity index (χ1v) is 8.03. The third kappa shape index (κ3) is 5.51. The summed E-state index contributed by atoms with van der Waals surface area (Å²) in [6, 6.07) is 1.86. The lowest BCUT2D eigenvalue weighted by molar-refractivity contribution is -0.131. The number of hydrogen-bond acceptors (Lipinski definition) is 6. The molecule has 2 heterocycles. The minimum absolute atomic E-state index is 0. The second-order valence-electron chi connectivity index (χ2n) is 5.00. The maximum atomic E-state index is 12.1. The molecule has 1 atom stereocenters. The molecule has 7 nitrogen and oxygen atoms in total. The molecule has 0 spiro atoms. The normalized spacial score (nSPS) is 17.7. The Balaban J connectivity index is 0.00000242. The van der Waals surface area contributed by atoms with Gasteiger partial charge < -0.3 is 20.1 Å². The molecule has 1 aromatic heterocycles. The molecule has 0 aliphatic carbocycles. The molecular weight excluding hydrogens is 328 g/mol. The van der Waals surface area contributed by atoms with Crippen LogP contribution in [-0.4, -0.2) is 59.1 Å². The van der Waals surface area contributed by atoms with Crippen LogP contribution < -0.4 is 10.6 Å². The number of piperazine rings is 1. The van der Waals surface area contributed by atoms with E-state index in [0.29, 0.717) is 17.3 Å². The Labute approximate surface area is 139 Å². The number of nitrogens with one attached hydrogen (secondary N) is 2. The molecular formula is C13H21ClN4O3S. The lowest BCUT2D eigenvalue weighted by Gasteiger charge is -2.33. The van der Waals surface area contributed by atoms with Gasteiger partial charge in [-0.15, -0.1) is 24.2 Å². The summed E-state index contributed by atoms with van der Waals surface area (Å²) in [5.74, 6) is 1.47. The van der Waals surface area contributed by atoms with Crippen LogP contribution in [0, 0.1) is 6.92 Å². The summed E-state index contributed by atoms with van der Waals surface area (Å²) < 4.78 is 4.86. The van der Waals surface area contributed by atoms with Crippen molar-refractivity contribution >= 4 is 41.8 Å². The molecule has 2 amide bonds. The van der Waals surface area contributed by atoms with Crippen LogP contribution in [0.3, 0.4) is 0 Å². The van der Waals surface area contributed by atoms with Crippen molar-refractivity contribution in [3.05, 3.63) is 11.8 Å². The maximum Gasteiger partial charge on any atom is 0.235 e. The van der Waals surface area contributed by atoms with Gasteiger partial charge in [-0.2, -0.15) is 0 Å². The van der Waals surface area contributed by atoms with E-state index in [1.165, 1.54) is 11.8 Å². The molecule has 0 aromatic carbocycles. The van der Waals surface area contributed by atoms with Gasteiger partial charge in [0.25, 0.3) is 0 Å². The predicted molar refractivity (Wildman–Crippen MR) is 88.5 cm³/mol. The molecule has 2 rings (SSSR count). The van der Waals surface area contributed by atoms with Gasteiger partial charge in [0.05, 0.1) is 11.5 Å². The molecule has 124 valence electrons. The van der Waals surface area contributed by atoms with Crippen LogP contribution in [0.2, 0.25) is 0 Å². The molecule has 0 saturated carbocycles. The van der Waals surface area contributed by atoms with Gasteiger partial charge in [0.1, 0.15) is 5.76 Å². The minimum atomic E-state index is -0.186. The second kappa shape index (κ2) is 9.02. The Morgan fingerprint density at radius 3 is 2.95 bits per heavy atom. The Kier molecular flexibility index (Phi) is 7.70. The van der Waals surface area contributed by atoms with Crippen LogP contribution in [0.4, 0.5) is 5.82 Å². The zero-order valence-corrected chi connectivity index (χ0v) is 14.3. The number of carbonyl (C=O) groups excluding carboxylic acids is 2. The van der Waals surface area contributed by atoms with Crippen molar-refractivity contribution in [2.45, 2.75) is 19.9 Å². The zero-order chi connectivity index (χ0) is 15.2. The van der Waals surface area contributed by atoms with E-state index in [1.54, 1.807) is 13.0 Å². The first-order valence-electron chi connectivity index (χ1n) is 6.87. The Bertz CT molecular complexity index is 511. The fourth-order valence-electron chi connectivity index (χ4n) is 2.13. The van der Waals surface area contributed by atoms with E-state index in [9.17, 15) is 9.59 Å². The largest absolute Gasteiger partial charge is 0.360 e. The molecule has 2 N–H and O–H groups in total. The molecule has 0 radical (unpaired) electrons. The van der Waals surface area contributed by atoms with Crippen molar-refractivity contribution in [3.63, 3.8) is 0 Å². The Morgan fingerprint density at radius 1 is 1.55 bits per heavy atom. The highest BCUT2D eigenvalue weighted by atomic mass is 35.5. The van der Waals surface area contributed by atoms with Crippen LogP contribution in [0.25, 0.3) is 0 Å². The highest BCUT2D eigenvalue weighted by Gasteiger charge is 2.22. The van der Waals surface area contributed by atoms with Gasteiger partial charge >= 0.3 is 0 Å². The Hall–Kier alpha value is -1.25. The monoisotopic (exact) mass is 348 g/mol. The van der Waals surface area contributed by atoms with Crippen molar-refractivity contribution < 1.29 is 14.1 Å². The quantitative estimate of drug-likeness (QED) is 0.822. The number of halogens is 1. The number of rotatable bonds is 5. The van der Waals surface area contributed by atoms with E-state index in [4.69, 9.17) is 4.52 Å². The van der Waals surface area contributed by atoms with Crippen LogP contribution in [0.5, 0.6) is 0 Å².